The number of hydrogen-bond donors (Lipinski definition) is 2. The topological polar surface area (TPSA) is 124 Å². The van der Waals surface area contributed by atoms with E-state index in [9.17, 15) is 0 Å². The highest BCUT2D eigenvalue weighted by atomic mass is 15.2. The fourth-order valence-electron chi connectivity index (χ4n) is 5.94. The van der Waals surface area contributed by atoms with Crippen molar-refractivity contribution in [1.29, 1.82) is 0 Å². The molecule has 3 N–H and O–H groups in total. The van der Waals surface area contributed by atoms with Gasteiger partial charge in [0.1, 0.15) is 22.6 Å². The van der Waals surface area contributed by atoms with Crippen molar-refractivity contribution < 1.29 is 0 Å². The molecule has 2 aliphatic rings. The van der Waals surface area contributed by atoms with Crippen LogP contribution in [0.1, 0.15) is 0 Å². The Kier molecular flexibility index (Phi) is 4.70. The van der Waals surface area contributed by atoms with Crippen LogP contribution in [-0.2, 0) is 6.67 Å². The van der Waals surface area contributed by atoms with Crippen molar-refractivity contribution >= 4 is 44.1 Å². The molecule has 9 nitrogen and oxygen atoms in total. The summed E-state index contributed by atoms with van der Waals surface area (Å²) in [6.07, 6.45) is 0. The van der Waals surface area contributed by atoms with Gasteiger partial charge in [-0.2, -0.15) is 0 Å². The Hall–Kier alpha value is -5.80. The van der Waals surface area contributed by atoms with Gasteiger partial charge >= 0.3 is 0 Å². The minimum absolute atomic E-state index is 0.174. The first kappa shape index (κ1) is 23.0. The van der Waals surface area contributed by atoms with Crippen LogP contribution in [0, 0.1) is 0 Å². The van der Waals surface area contributed by atoms with E-state index in [2.05, 4.69) is 4.98 Å². The zero-order valence-corrected chi connectivity index (χ0v) is 22.2. The standard InChI is InChI=1S/C33H21N9/c34-17-42-32-24-15-7-8-16-25(24)33(42)41-31-23-14-6-4-12-21(23)29(39-31)37-27-19-10-2-1-9-18(19)26(35-27)36-28-20-11-3-5-13-22(20)30(38-28)40-32/h1-16H,17,34H2,(H,35,36,37,38,39,40,41). The van der Waals surface area contributed by atoms with Gasteiger partial charge in [-0.1, -0.05) is 97.1 Å². The molecule has 9 rings (SSSR count). The molecule has 42 heavy (non-hydrogen) atoms. The normalized spacial score (nSPS) is 12.0. The molecule has 4 aromatic carbocycles. The fraction of sp³-hybridized carbons (Fsp3) is 0.0303. The number of H-pyrrole nitrogens is 1. The monoisotopic (exact) mass is 543 g/mol. The highest BCUT2D eigenvalue weighted by molar-refractivity contribution is 6.06. The lowest BCUT2D eigenvalue weighted by Gasteiger charge is -2.01. The summed E-state index contributed by atoms with van der Waals surface area (Å²) < 4.78 is 1.92. The molecule has 0 spiro atoms. The summed E-state index contributed by atoms with van der Waals surface area (Å²) >= 11 is 0. The minimum Gasteiger partial charge on any atom is -0.324 e. The molecule has 0 unspecified atom stereocenters. The molecular formula is C33H21N9. The van der Waals surface area contributed by atoms with Crippen LogP contribution in [-0.4, -0.2) is 39.5 Å². The Morgan fingerprint density at radius 3 is 1.21 bits per heavy atom. The van der Waals surface area contributed by atoms with Crippen LogP contribution < -0.4 is 5.73 Å². The van der Waals surface area contributed by atoms with Gasteiger partial charge in [-0.25, -0.2) is 29.9 Å². The van der Waals surface area contributed by atoms with Crippen LogP contribution in [0.4, 0.5) is 0 Å². The second-order valence-electron chi connectivity index (χ2n) is 10.2. The second kappa shape index (κ2) is 8.60. The minimum atomic E-state index is 0.174. The van der Waals surface area contributed by atoms with Crippen molar-refractivity contribution in [2.75, 3.05) is 0 Å². The molecule has 5 heterocycles. The van der Waals surface area contributed by atoms with Gasteiger partial charge in [0.05, 0.1) is 6.67 Å². The number of hydrogen-bond acceptors (Lipinski definition) is 7. The van der Waals surface area contributed by atoms with E-state index in [1.165, 1.54) is 0 Å². The molecule has 0 aliphatic carbocycles. The van der Waals surface area contributed by atoms with Crippen LogP contribution in [0.3, 0.4) is 0 Å². The molecule has 3 aromatic heterocycles. The summed E-state index contributed by atoms with van der Waals surface area (Å²) in [6.45, 7) is 0.174. The molecule has 8 bridgehead atoms. The third kappa shape index (κ3) is 3.22. The van der Waals surface area contributed by atoms with E-state index in [0.29, 0.717) is 45.9 Å². The van der Waals surface area contributed by atoms with Crippen LogP contribution in [0.15, 0.2) is 97.1 Å². The Balaban J connectivity index is 1.54. The fourth-order valence-corrected chi connectivity index (χ4v) is 5.94. The number of aromatic nitrogens is 8. The number of nitrogens with one attached hydrogen (secondary N) is 1. The van der Waals surface area contributed by atoms with Gasteiger partial charge in [-0.3, -0.25) is 4.57 Å². The molecular weight excluding hydrogens is 522 g/mol. The number of nitrogens with two attached hydrogens (primary N) is 1. The molecule has 9 heteroatoms. The first-order chi connectivity index (χ1) is 20.8. The molecule has 0 fully saturated rings. The lowest BCUT2D eigenvalue weighted by atomic mass is 10.1. The van der Waals surface area contributed by atoms with Crippen molar-refractivity contribution in [2.24, 2.45) is 5.73 Å². The first-order valence-electron chi connectivity index (χ1n) is 13.7. The lowest BCUT2D eigenvalue weighted by Crippen LogP contribution is -2.08. The second-order valence-corrected chi connectivity index (χ2v) is 10.2. The SMILES string of the molecule is NCn1c2nc3nc(nc4[nH]c(nc5nc(nc1c1ccccc12)-c1ccccc1-5)c1ccccc41)-c1ccccc1-3. The smallest absolute Gasteiger partial charge is 0.164 e. The number of benzene rings is 4. The zero-order chi connectivity index (χ0) is 27.8. The van der Waals surface area contributed by atoms with Crippen molar-refractivity contribution in [3.63, 3.8) is 0 Å². The van der Waals surface area contributed by atoms with Gasteiger partial charge in [0.15, 0.2) is 23.3 Å². The maximum absolute atomic E-state index is 6.38. The number of aromatic amines is 1. The summed E-state index contributed by atoms with van der Waals surface area (Å²) in [6, 6.07) is 32.1. The Labute approximate surface area is 238 Å². The molecule has 0 radical (unpaired) electrons. The van der Waals surface area contributed by atoms with Crippen molar-refractivity contribution in [3.05, 3.63) is 97.1 Å². The van der Waals surface area contributed by atoms with Gasteiger partial charge < -0.3 is 10.7 Å². The zero-order valence-electron chi connectivity index (χ0n) is 22.2. The molecule has 0 saturated carbocycles. The van der Waals surface area contributed by atoms with Crippen molar-refractivity contribution in [2.45, 2.75) is 6.67 Å². The highest BCUT2D eigenvalue weighted by Gasteiger charge is 2.22. The van der Waals surface area contributed by atoms with E-state index in [1.807, 2.05) is 102 Å². The van der Waals surface area contributed by atoms with E-state index >= 15 is 0 Å². The van der Waals surface area contributed by atoms with Crippen molar-refractivity contribution in [3.8, 4) is 45.6 Å². The summed E-state index contributed by atoms with van der Waals surface area (Å²) in [4.78, 5) is 33.7. The molecule has 0 saturated heterocycles. The maximum atomic E-state index is 6.38. The van der Waals surface area contributed by atoms with Crippen molar-refractivity contribution in [1.82, 2.24) is 39.5 Å². The lowest BCUT2D eigenvalue weighted by molar-refractivity contribution is 0.773. The van der Waals surface area contributed by atoms with Gasteiger partial charge in [-0.15, -0.1) is 0 Å². The Morgan fingerprint density at radius 1 is 0.452 bits per heavy atom. The van der Waals surface area contributed by atoms with Gasteiger partial charge in [0.25, 0.3) is 0 Å². The van der Waals surface area contributed by atoms with Gasteiger partial charge in [0, 0.05) is 43.8 Å². The number of fused-ring (bicyclic) bond motifs is 20. The average molecular weight is 544 g/mol. The molecule has 2 aliphatic heterocycles. The molecule has 198 valence electrons. The summed E-state index contributed by atoms with van der Waals surface area (Å²) in [5.41, 5.74) is 12.7. The first-order valence-corrected chi connectivity index (χ1v) is 13.7. The Morgan fingerprint density at radius 2 is 0.810 bits per heavy atom. The maximum Gasteiger partial charge on any atom is 0.164 e. The van der Waals surface area contributed by atoms with E-state index in [4.69, 9.17) is 35.6 Å². The number of rotatable bonds is 1. The predicted octanol–water partition coefficient (Wildman–Crippen LogP) is 6.26. The van der Waals surface area contributed by atoms with Gasteiger partial charge in [0.2, 0.25) is 0 Å². The highest BCUT2D eigenvalue weighted by Crippen LogP contribution is 2.37. The van der Waals surface area contributed by atoms with Crippen LogP contribution in [0.25, 0.3) is 89.7 Å². The summed E-state index contributed by atoms with van der Waals surface area (Å²) in [7, 11) is 0. The molecule has 0 amide bonds. The van der Waals surface area contributed by atoms with Gasteiger partial charge in [-0.05, 0) is 0 Å². The molecule has 7 aromatic rings. The van der Waals surface area contributed by atoms with E-state index in [-0.39, 0.29) is 6.67 Å². The van der Waals surface area contributed by atoms with E-state index in [0.717, 1.165) is 43.8 Å². The van der Waals surface area contributed by atoms with Crippen LogP contribution in [0.5, 0.6) is 0 Å². The quantitative estimate of drug-likeness (QED) is 0.250. The third-order valence-corrected chi connectivity index (χ3v) is 7.88. The Bertz CT molecular complexity index is 2260. The van der Waals surface area contributed by atoms with E-state index in [1.54, 1.807) is 0 Å². The van der Waals surface area contributed by atoms with Crippen LogP contribution >= 0.6 is 0 Å². The summed E-state index contributed by atoms with van der Waals surface area (Å²) in [5.74, 6) is 2.30. The summed E-state index contributed by atoms with van der Waals surface area (Å²) in [5, 5.41) is 3.74. The largest absolute Gasteiger partial charge is 0.324 e. The third-order valence-electron chi connectivity index (χ3n) is 7.88. The predicted molar refractivity (Wildman–Crippen MR) is 164 cm³/mol. The average Bonchev–Trinajstić information content (AvgIpc) is 3.75. The number of nitrogens with zero attached hydrogens (tertiary/aromatic N) is 7. The van der Waals surface area contributed by atoms with Crippen LogP contribution in [0.2, 0.25) is 0 Å². The molecule has 0 atom stereocenters. The van der Waals surface area contributed by atoms with E-state index < -0.39 is 0 Å².